The average molecular weight is 530 g/mol. The van der Waals surface area contributed by atoms with Crippen molar-refractivity contribution in [3.63, 3.8) is 0 Å². The minimum absolute atomic E-state index is 0.364. The fourth-order valence-electron chi connectivity index (χ4n) is 3.42. The maximum atomic E-state index is 6.28. The molecular formula is C28H25Cl2N7. The number of rotatable bonds is 9. The summed E-state index contributed by atoms with van der Waals surface area (Å²) < 4.78 is 0. The van der Waals surface area contributed by atoms with Crippen molar-refractivity contribution in [3.05, 3.63) is 129 Å². The van der Waals surface area contributed by atoms with Gasteiger partial charge in [0, 0.05) is 21.2 Å². The zero-order chi connectivity index (χ0) is 26.0. The van der Waals surface area contributed by atoms with Gasteiger partial charge >= 0.3 is 0 Å². The van der Waals surface area contributed by atoms with Crippen molar-refractivity contribution in [2.75, 3.05) is 5.43 Å². The smallest absolute Gasteiger partial charge is 0.128 e. The average Bonchev–Trinajstić information content (AvgIpc) is 2.92. The van der Waals surface area contributed by atoms with Gasteiger partial charge in [0.15, 0.2) is 0 Å². The van der Waals surface area contributed by atoms with Gasteiger partial charge in [-0.05, 0) is 59.7 Å². The van der Waals surface area contributed by atoms with Crippen LogP contribution in [0, 0.1) is 0 Å². The monoisotopic (exact) mass is 529 g/mol. The maximum absolute atomic E-state index is 6.28. The molecule has 0 aliphatic carbocycles. The van der Waals surface area contributed by atoms with Crippen molar-refractivity contribution in [2.45, 2.75) is 13.1 Å². The van der Waals surface area contributed by atoms with E-state index in [4.69, 9.17) is 34.7 Å². The summed E-state index contributed by atoms with van der Waals surface area (Å²) in [6.45, 7) is 0.857. The van der Waals surface area contributed by atoms with Crippen LogP contribution >= 0.6 is 23.2 Å². The highest BCUT2D eigenvalue weighted by Gasteiger charge is 2.07. The molecule has 0 saturated carbocycles. The molecule has 0 atom stereocenters. The van der Waals surface area contributed by atoms with Crippen LogP contribution in [0.3, 0.4) is 0 Å². The lowest BCUT2D eigenvalue weighted by Crippen LogP contribution is -2.15. The molecule has 0 aliphatic rings. The van der Waals surface area contributed by atoms with E-state index in [-0.39, 0.29) is 0 Å². The van der Waals surface area contributed by atoms with Crippen LogP contribution in [-0.2, 0) is 13.1 Å². The van der Waals surface area contributed by atoms with Gasteiger partial charge in [-0.25, -0.2) is 0 Å². The molecule has 4 aromatic carbocycles. The number of nitrogens with zero attached hydrogens (tertiary/aromatic N) is 4. The van der Waals surface area contributed by atoms with Gasteiger partial charge in [0.25, 0.3) is 0 Å². The first-order valence-corrected chi connectivity index (χ1v) is 12.2. The Balaban J connectivity index is 1.47. The molecule has 37 heavy (non-hydrogen) atoms. The van der Waals surface area contributed by atoms with Crippen molar-refractivity contribution in [1.29, 1.82) is 0 Å². The summed E-state index contributed by atoms with van der Waals surface area (Å²) >= 11 is 11.9. The predicted octanol–water partition coefficient (Wildman–Crippen LogP) is 6.92. The Morgan fingerprint density at radius 3 is 1.70 bits per heavy atom. The van der Waals surface area contributed by atoms with Gasteiger partial charge in [0.1, 0.15) is 11.7 Å². The van der Waals surface area contributed by atoms with E-state index in [1.54, 1.807) is 0 Å². The van der Waals surface area contributed by atoms with Gasteiger partial charge in [-0.1, -0.05) is 77.0 Å². The summed E-state index contributed by atoms with van der Waals surface area (Å²) in [7, 11) is 0. The van der Waals surface area contributed by atoms with Gasteiger partial charge in [-0.3, -0.25) is 15.4 Å². The molecule has 0 fully saturated rings. The molecule has 7 nitrogen and oxygen atoms in total. The fraction of sp³-hybridized carbons (Fsp3) is 0.0714. The van der Waals surface area contributed by atoms with Crippen molar-refractivity contribution in [2.24, 2.45) is 31.8 Å². The maximum Gasteiger partial charge on any atom is 0.128 e. The van der Waals surface area contributed by atoms with Gasteiger partial charge in [-0.15, -0.1) is 5.11 Å². The second-order valence-corrected chi connectivity index (χ2v) is 8.90. The van der Waals surface area contributed by atoms with Crippen molar-refractivity contribution in [1.82, 2.24) is 0 Å². The number of aliphatic imine (C=N–C) groups is 2. The van der Waals surface area contributed by atoms with E-state index in [0.29, 0.717) is 57.3 Å². The lowest BCUT2D eigenvalue weighted by Gasteiger charge is -2.08. The second kappa shape index (κ2) is 12.7. The summed E-state index contributed by atoms with van der Waals surface area (Å²) in [6, 6.07) is 29.8. The largest absolute Gasteiger partial charge is 0.383 e. The SMILES string of the molecule is NC(=NCc1ccc(Cl)cc1)c1ccccc1N=NNc1ccccc1C(N)=NCc1ccc(Cl)cc1. The molecule has 0 amide bonds. The summed E-state index contributed by atoms with van der Waals surface area (Å²) in [5.74, 6) is 0.746. The Morgan fingerprint density at radius 1 is 0.622 bits per heavy atom. The first-order chi connectivity index (χ1) is 18.0. The van der Waals surface area contributed by atoms with Crippen molar-refractivity contribution < 1.29 is 0 Å². The number of para-hydroxylation sites is 1. The van der Waals surface area contributed by atoms with Crippen LogP contribution in [0.2, 0.25) is 10.0 Å². The van der Waals surface area contributed by atoms with E-state index in [9.17, 15) is 0 Å². The van der Waals surface area contributed by atoms with Crippen LogP contribution in [0.25, 0.3) is 0 Å². The Kier molecular flexibility index (Phi) is 8.86. The van der Waals surface area contributed by atoms with Gasteiger partial charge < -0.3 is 11.5 Å². The predicted molar refractivity (Wildman–Crippen MR) is 153 cm³/mol. The molecule has 0 heterocycles. The van der Waals surface area contributed by atoms with Gasteiger partial charge in [0.2, 0.25) is 0 Å². The number of anilines is 1. The third kappa shape index (κ3) is 7.39. The minimum Gasteiger partial charge on any atom is -0.383 e. The van der Waals surface area contributed by atoms with Crippen LogP contribution in [-0.4, -0.2) is 11.7 Å². The van der Waals surface area contributed by atoms with Crippen LogP contribution in [0.5, 0.6) is 0 Å². The fourth-order valence-corrected chi connectivity index (χ4v) is 3.67. The van der Waals surface area contributed by atoms with Crippen LogP contribution in [0.15, 0.2) is 117 Å². The molecule has 9 heteroatoms. The number of amidine groups is 2. The molecule has 4 rings (SSSR count). The normalized spacial score (nSPS) is 12.2. The number of nitrogens with two attached hydrogens (primary N) is 2. The first-order valence-electron chi connectivity index (χ1n) is 11.4. The zero-order valence-electron chi connectivity index (χ0n) is 19.9. The molecule has 0 saturated heterocycles. The Bertz CT molecular complexity index is 1430. The molecule has 0 bridgehead atoms. The highest BCUT2D eigenvalue weighted by Crippen LogP contribution is 2.21. The molecular weight excluding hydrogens is 505 g/mol. The van der Waals surface area contributed by atoms with E-state index in [1.165, 1.54) is 0 Å². The topological polar surface area (TPSA) is 114 Å². The third-order valence-corrected chi connectivity index (χ3v) is 5.91. The number of hydrogen-bond acceptors (Lipinski definition) is 4. The summed E-state index contributed by atoms with van der Waals surface area (Å²) in [5.41, 5.74) is 20.2. The number of hydrogen-bond donors (Lipinski definition) is 3. The lowest BCUT2D eigenvalue weighted by atomic mass is 10.1. The lowest BCUT2D eigenvalue weighted by molar-refractivity contribution is 1.06. The van der Waals surface area contributed by atoms with E-state index in [1.807, 2.05) is 97.1 Å². The zero-order valence-corrected chi connectivity index (χ0v) is 21.4. The highest BCUT2D eigenvalue weighted by atomic mass is 35.5. The van der Waals surface area contributed by atoms with E-state index < -0.39 is 0 Å². The van der Waals surface area contributed by atoms with Crippen LogP contribution < -0.4 is 16.9 Å². The molecule has 0 aliphatic heterocycles. The number of benzene rings is 4. The van der Waals surface area contributed by atoms with E-state index in [0.717, 1.165) is 11.1 Å². The number of nitrogens with one attached hydrogen (secondary N) is 1. The van der Waals surface area contributed by atoms with Gasteiger partial charge in [0.05, 0.1) is 24.5 Å². The van der Waals surface area contributed by atoms with E-state index >= 15 is 0 Å². The van der Waals surface area contributed by atoms with Crippen molar-refractivity contribution in [3.8, 4) is 0 Å². The Morgan fingerprint density at radius 2 is 1.11 bits per heavy atom. The molecule has 0 aromatic heterocycles. The number of halogens is 2. The molecule has 186 valence electrons. The van der Waals surface area contributed by atoms with E-state index in [2.05, 4.69) is 25.7 Å². The Labute approximate surface area is 225 Å². The van der Waals surface area contributed by atoms with Gasteiger partial charge in [-0.2, -0.15) is 0 Å². The van der Waals surface area contributed by atoms with Crippen molar-refractivity contribution >= 4 is 46.2 Å². The van der Waals surface area contributed by atoms with Crippen LogP contribution in [0.4, 0.5) is 11.4 Å². The molecule has 0 spiro atoms. The minimum atomic E-state index is 0.364. The van der Waals surface area contributed by atoms with Crippen LogP contribution in [0.1, 0.15) is 22.3 Å². The molecule has 0 radical (unpaired) electrons. The molecule has 5 N–H and O–H groups in total. The Hall–Kier alpha value is -4.20. The molecule has 4 aromatic rings. The first kappa shape index (κ1) is 25.9. The summed E-state index contributed by atoms with van der Waals surface area (Å²) in [4.78, 5) is 9.01. The molecule has 0 unspecified atom stereocenters. The second-order valence-electron chi connectivity index (χ2n) is 8.03. The summed E-state index contributed by atoms with van der Waals surface area (Å²) in [6.07, 6.45) is 0. The third-order valence-electron chi connectivity index (χ3n) is 5.40. The highest BCUT2D eigenvalue weighted by molar-refractivity contribution is 6.30. The standard InChI is InChI=1S/C28H25Cl2N7/c29-21-13-9-19(10-14-21)17-33-27(31)23-5-1-3-7-25(23)35-37-36-26-8-4-2-6-24(26)28(32)34-18-20-11-15-22(30)16-12-20/h1-16H,17-18H2,(H2,31,33)(H2,32,34)(H,35,36). The quantitative estimate of drug-likeness (QED) is 0.0945. The summed E-state index contributed by atoms with van der Waals surface area (Å²) in [5, 5.41) is 9.87.